The summed E-state index contributed by atoms with van der Waals surface area (Å²) >= 11 is 5.51. The first kappa shape index (κ1) is 14.0. The standard InChI is InChI=1S/C11H20ClNO2S/c12-8-4-5-9-16(14,15)13-10-11-6-2-1-3-7-11/h1-2,11,13H,3-10H2. The Balaban J connectivity index is 2.22. The summed E-state index contributed by atoms with van der Waals surface area (Å²) in [6, 6.07) is 0. The Hall–Kier alpha value is -0.0600. The number of sulfonamides is 1. The van der Waals surface area contributed by atoms with E-state index in [1.54, 1.807) is 0 Å². The second-order valence-corrected chi connectivity index (χ2v) is 6.52. The molecule has 0 spiro atoms. The van der Waals surface area contributed by atoms with Crippen LogP contribution in [-0.4, -0.2) is 26.6 Å². The van der Waals surface area contributed by atoms with Crippen molar-refractivity contribution < 1.29 is 8.42 Å². The second-order valence-electron chi connectivity index (χ2n) is 4.21. The number of allylic oxidation sites excluding steroid dienone is 2. The number of unbranched alkanes of at least 4 members (excludes halogenated alkanes) is 1. The Kier molecular flexibility index (Phi) is 6.39. The van der Waals surface area contributed by atoms with Gasteiger partial charge in [0.2, 0.25) is 10.0 Å². The highest BCUT2D eigenvalue weighted by Crippen LogP contribution is 2.17. The molecule has 0 aromatic carbocycles. The average molecular weight is 266 g/mol. The highest BCUT2D eigenvalue weighted by atomic mass is 35.5. The summed E-state index contributed by atoms with van der Waals surface area (Å²) in [7, 11) is -3.09. The van der Waals surface area contributed by atoms with E-state index in [4.69, 9.17) is 11.6 Å². The van der Waals surface area contributed by atoms with Gasteiger partial charge in [-0.2, -0.15) is 0 Å². The molecule has 1 aliphatic rings. The van der Waals surface area contributed by atoms with Gasteiger partial charge < -0.3 is 0 Å². The molecule has 3 nitrogen and oxygen atoms in total. The molecule has 0 aromatic rings. The zero-order valence-electron chi connectivity index (χ0n) is 9.49. The maximum atomic E-state index is 11.6. The molecule has 1 aliphatic carbocycles. The zero-order chi connectivity index (χ0) is 11.9. The molecule has 0 saturated heterocycles. The van der Waals surface area contributed by atoms with Crippen molar-refractivity contribution in [3.05, 3.63) is 12.2 Å². The molecule has 0 heterocycles. The third-order valence-electron chi connectivity index (χ3n) is 2.77. The molecule has 5 heteroatoms. The molecule has 0 amide bonds. The minimum absolute atomic E-state index is 0.197. The monoisotopic (exact) mass is 265 g/mol. The number of rotatable bonds is 7. The molecule has 1 rings (SSSR count). The van der Waals surface area contributed by atoms with E-state index in [2.05, 4.69) is 16.9 Å². The number of alkyl halides is 1. The lowest BCUT2D eigenvalue weighted by atomic mass is 9.95. The lowest BCUT2D eigenvalue weighted by Gasteiger charge is -2.18. The first-order chi connectivity index (χ1) is 7.64. The van der Waals surface area contributed by atoms with Gasteiger partial charge in [-0.1, -0.05) is 12.2 Å². The minimum atomic E-state index is -3.09. The molecule has 94 valence electrons. The number of hydrogen-bond acceptors (Lipinski definition) is 2. The highest BCUT2D eigenvalue weighted by molar-refractivity contribution is 7.89. The number of nitrogens with one attached hydrogen (secondary N) is 1. The predicted molar refractivity (Wildman–Crippen MR) is 68.2 cm³/mol. The SMILES string of the molecule is O=S(=O)(CCCCCl)NCC1CC=CCC1. The lowest BCUT2D eigenvalue weighted by molar-refractivity contribution is 0.468. The summed E-state index contributed by atoms with van der Waals surface area (Å²) < 4.78 is 25.8. The Morgan fingerprint density at radius 3 is 2.75 bits per heavy atom. The highest BCUT2D eigenvalue weighted by Gasteiger charge is 2.14. The molecule has 0 saturated carbocycles. The third-order valence-corrected chi connectivity index (χ3v) is 4.47. The molecule has 1 atom stereocenters. The van der Waals surface area contributed by atoms with Gasteiger partial charge in [0.05, 0.1) is 5.75 Å². The van der Waals surface area contributed by atoms with Crippen molar-refractivity contribution in [1.29, 1.82) is 0 Å². The van der Waals surface area contributed by atoms with Crippen molar-refractivity contribution in [3.8, 4) is 0 Å². The van der Waals surface area contributed by atoms with Crippen molar-refractivity contribution in [3.63, 3.8) is 0 Å². The number of hydrogen-bond donors (Lipinski definition) is 1. The van der Waals surface area contributed by atoms with Crippen LogP contribution in [0.15, 0.2) is 12.2 Å². The first-order valence-electron chi connectivity index (χ1n) is 5.82. The zero-order valence-corrected chi connectivity index (χ0v) is 11.1. The van der Waals surface area contributed by atoms with E-state index >= 15 is 0 Å². The molecule has 16 heavy (non-hydrogen) atoms. The second kappa shape index (κ2) is 7.30. The van der Waals surface area contributed by atoms with Crippen LogP contribution in [0, 0.1) is 5.92 Å². The van der Waals surface area contributed by atoms with Crippen molar-refractivity contribution in [2.45, 2.75) is 32.1 Å². The van der Waals surface area contributed by atoms with Gasteiger partial charge >= 0.3 is 0 Å². The maximum absolute atomic E-state index is 11.6. The van der Waals surface area contributed by atoms with E-state index in [1.807, 2.05) is 0 Å². The molecule has 0 bridgehead atoms. The molecule has 1 N–H and O–H groups in total. The smallest absolute Gasteiger partial charge is 0.211 e. The topological polar surface area (TPSA) is 46.2 Å². The van der Waals surface area contributed by atoms with Crippen LogP contribution in [0.2, 0.25) is 0 Å². The van der Waals surface area contributed by atoms with Gasteiger partial charge in [-0.05, 0) is 38.0 Å². The van der Waals surface area contributed by atoms with Crippen molar-refractivity contribution in [2.75, 3.05) is 18.2 Å². The van der Waals surface area contributed by atoms with Crippen molar-refractivity contribution in [2.24, 2.45) is 5.92 Å². The van der Waals surface area contributed by atoms with Gasteiger partial charge in [-0.25, -0.2) is 13.1 Å². The quantitative estimate of drug-likeness (QED) is 0.436. The molecule has 0 radical (unpaired) electrons. The van der Waals surface area contributed by atoms with Crippen LogP contribution in [0.1, 0.15) is 32.1 Å². The Labute approximate surface area is 103 Å². The molecule has 0 fully saturated rings. The molecular weight excluding hydrogens is 246 g/mol. The van der Waals surface area contributed by atoms with Crippen LogP contribution in [0.5, 0.6) is 0 Å². The minimum Gasteiger partial charge on any atom is -0.215 e. The van der Waals surface area contributed by atoms with Gasteiger partial charge in [0.25, 0.3) is 0 Å². The van der Waals surface area contributed by atoms with E-state index in [0.29, 0.717) is 24.8 Å². The van der Waals surface area contributed by atoms with Gasteiger partial charge in [0.15, 0.2) is 0 Å². The fraction of sp³-hybridized carbons (Fsp3) is 0.818. The van der Waals surface area contributed by atoms with E-state index < -0.39 is 10.0 Å². The largest absolute Gasteiger partial charge is 0.215 e. The van der Waals surface area contributed by atoms with Crippen LogP contribution >= 0.6 is 11.6 Å². The predicted octanol–water partition coefficient (Wildman–Crippen LogP) is 2.28. The average Bonchev–Trinajstić information content (AvgIpc) is 2.28. The lowest BCUT2D eigenvalue weighted by Crippen LogP contribution is -2.31. The summed E-state index contributed by atoms with van der Waals surface area (Å²) in [5, 5.41) is 0. The van der Waals surface area contributed by atoms with Crippen molar-refractivity contribution in [1.82, 2.24) is 4.72 Å². The van der Waals surface area contributed by atoms with Crippen LogP contribution < -0.4 is 4.72 Å². The summed E-state index contributed by atoms with van der Waals surface area (Å²) in [5.74, 6) is 1.19. The van der Waals surface area contributed by atoms with E-state index in [1.165, 1.54) is 0 Å². The van der Waals surface area contributed by atoms with Gasteiger partial charge in [0, 0.05) is 12.4 Å². The fourth-order valence-corrected chi connectivity index (χ4v) is 3.15. The fourth-order valence-electron chi connectivity index (χ4n) is 1.75. The Morgan fingerprint density at radius 1 is 1.31 bits per heavy atom. The third kappa shape index (κ3) is 5.87. The normalized spacial score (nSPS) is 21.2. The molecule has 1 unspecified atom stereocenters. The van der Waals surface area contributed by atoms with E-state index in [9.17, 15) is 8.42 Å². The summed E-state index contributed by atoms with van der Waals surface area (Å²) in [6.45, 7) is 0.577. The Bertz CT molecular complexity index is 314. The van der Waals surface area contributed by atoms with Crippen molar-refractivity contribution >= 4 is 21.6 Å². The van der Waals surface area contributed by atoms with Crippen LogP contribution in [-0.2, 0) is 10.0 Å². The summed E-state index contributed by atoms with van der Waals surface area (Å²) in [5.41, 5.74) is 0. The van der Waals surface area contributed by atoms with Crippen LogP contribution in [0.3, 0.4) is 0 Å². The molecular formula is C11H20ClNO2S. The van der Waals surface area contributed by atoms with Gasteiger partial charge in [0.1, 0.15) is 0 Å². The summed E-state index contributed by atoms with van der Waals surface area (Å²) in [6.07, 6.45) is 8.84. The maximum Gasteiger partial charge on any atom is 0.211 e. The number of halogens is 1. The van der Waals surface area contributed by atoms with E-state index in [-0.39, 0.29) is 5.75 Å². The van der Waals surface area contributed by atoms with Crippen LogP contribution in [0.25, 0.3) is 0 Å². The van der Waals surface area contributed by atoms with Gasteiger partial charge in [-0.3, -0.25) is 0 Å². The first-order valence-corrected chi connectivity index (χ1v) is 8.01. The molecule has 0 aromatic heterocycles. The molecule has 0 aliphatic heterocycles. The van der Waals surface area contributed by atoms with Crippen LogP contribution in [0.4, 0.5) is 0 Å². The van der Waals surface area contributed by atoms with Gasteiger partial charge in [-0.15, -0.1) is 11.6 Å². The Morgan fingerprint density at radius 2 is 2.12 bits per heavy atom. The summed E-state index contributed by atoms with van der Waals surface area (Å²) in [4.78, 5) is 0. The van der Waals surface area contributed by atoms with E-state index in [0.717, 1.165) is 25.7 Å².